The number of phenols is 3. The highest BCUT2D eigenvalue weighted by atomic mass is 16.5. The largest absolute Gasteiger partial charge is 0.508 e. The number of carbonyl (C=O) groups excluding carboxylic acids is 1. The first kappa shape index (κ1) is 16.6. The van der Waals surface area contributed by atoms with E-state index in [1.807, 2.05) is 0 Å². The fourth-order valence-electron chi connectivity index (χ4n) is 2.89. The molecule has 130 valence electrons. The second-order valence-corrected chi connectivity index (χ2v) is 5.61. The normalized spacial score (nSPS) is 18.7. The number of aromatic hydroxyl groups is 3. The summed E-state index contributed by atoms with van der Waals surface area (Å²) in [5.41, 5.74) is -0.363. The average molecular weight is 345 g/mol. The fraction of sp³-hybridized carbons (Fsp3) is 0.118. The average Bonchev–Trinajstić information content (AvgIpc) is 2.53. The summed E-state index contributed by atoms with van der Waals surface area (Å²) >= 11 is 0. The Morgan fingerprint density at radius 1 is 1.12 bits per heavy atom. The van der Waals surface area contributed by atoms with Gasteiger partial charge in [0.05, 0.1) is 18.2 Å². The lowest BCUT2D eigenvalue weighted by atomic mass is 9.78. The topological polar surface area (TPSA) is 139 Å². The molecule has 3 rings (SSSR count). The number of hydroxylamine groups is 1. The highest BCUT2D eigenvalue weighted by Crippen LogP contribution is 2.51. The number of fused-ring (bicyclic) bond motifs is 1. The number of ether oxygens (including phenoxy) is 1. The van der Waals surface area contributed by atoms with Crippen LogP contribution in [0.5, 0.6) is 23.0 Å². The summed E-state index contributed by atoms with van der Waals surface area (Å²) in [5.74, 6) is -1.81. The van der Waals surface area contributed by atoms with Crippen LogP contribution >= 0.6 is 0 Å². The minimum atomic E-state index is -2.08. The number of rotatable bonds is 3. The van der Waals surface area contributed by atoms with E-state index < -0.39 is 23.7 Å². The van der Waals surface area contributed by atoms with E-state index in [9.17, 15) is 25.2 Å². The highest BCUT2D eigenvalue weighted by Gasteiger charge is 2.44. The Morgan fingerprint density at radius 3 is 2.56 bits per heavy atom. The van der Waals surface area contributed by atoms with Crippen molar-refractivity contribution < 1.29 is 35.2 Å². The second kappa shape index (κ2) is 6.00. The molecule has 1 unspecified atom stereocenters. The second-order valence-electron chi connectivity index (χ2n) is 5.61. The van der Waals surface area contributed by atoms with Gasteiger partial charge in [-0.05, 0) is 17.7 Å². The van der Waals surface area contributed by atoms with Crippen LogP contribution in [-0.2, 0) is 10.4 Å². The molecular weight excluding hydrogens is 330 g/mol. The number of amides is 1. The van der Waals surface area contributed by atoms with Gasteiger partial charge >= 0.3 is 0 Å². The van der Waals surface area contributed by atoms with Crippen LogP contribution in [0, 0.1) is 0 Å². The zero-order valence-electron chi connectivity index (χ0n) is 12.8. The van der Waals surface area contributed by atoms with Crippen molar-refractivity contribution in [1.29, 1.82) is 0 Å². The maximum Gasteiger partial charge on any atom is 0.246 e. The van der Waals surface area contributed by atoms with Crippen molar-refractivity contribution in [2.24, 2.45) is 0 Å². The molecule has 1 aliphatic rings. The molecule has 0 aromatic heterocycles. The third-order valence-corrected chi connectivity index (χ3v) is 3.93. The molecule has 0 spiro atoms. The zero-order chi connectivity index (χ0) is 18.2. The Hall–Kier alpha value is -3.23. The Kier molecular flexibility index (Phi) is 3.99. The molecule has 0 saturated carbocycles. The lowest BCUT2D eigenvalue weighted by Gasteiger charge is -2.35. The molecule has 0 radical (unpaired) electrons. The van der Waals surface area contributed by atoms with Gasteiger partial charge in [0.2, 0.25) is 5.91 Å². The van der Waals surface area contributed by atoms with Gasteiger partial charge in [-0.3, -0.25) is 10.0 Å². The number of benzene rings is 2. The first-order valence-electron chi connectivity index (χ1n) is 7.23. The van der Waals surface area contributed by atoms with Crippen molar-refractivity contribution >= 4 is 11.5 Å². The van der Waals surface area contributed by atoms with E-state index in [-0.39, 0.29) is 28.4 Å². The summed E-state index contributed by atoms with van der Waals surface area (Å²) < 4.78 is 5.38. The van der Waals surface area contributed by atoms with Crippen molar-refractivity contribution in [2.45, 2.75) is 12.0 Å². The lowest BCUT2D eigenvalue weighted by molar-refractivity contribution is -0.133. The minimum absolute atomic E-state index is 0.0466. The number of carbonyl (C=O) groups is 1. The molecule has 25 heavy (non-hydrogen) atoms. The van der Waals surface area contributed by atoms with E-state index in [1.165, 1.54) is 29.7 Å². The standard InChI is InChI=1S/C17H15NO7/c19-10-3-1-2-9(4-10)12-8-25-14-6-11(20)5-13(21)16(14)17(12,23)7-15(22)18-24/h1-6,8,19-21,23-24H,7H2,(H,18,22). The number of phenolic OH excluding ortho intramolecular Hbond substituents is 3. The first-order chi connectivity index (χ1) is 11.8. The third-order valence-electron chi connectivity index (χ3n) is 3.93. The van der Waals surface area contributed by atoms with Gasteiger partial charge < -0.3 is 25.2 Å². The monoisotopic (exact) mass is 345 g/mol. The molecule has 2 aromatic rings. The van der Waals surface area contributed by atoms with E-state index in [0.29, 0.717) is 5.56 Å². The summed E-state index contributed by atoms with van der Waals surface area (Å²) in [4.78, 5) is 11.7. The van der Waals surface area contributed by atoms with Crippen molar-refractivity contribution in [1.82, 2.24) is 5.48 Å². The maximum absolute atomic E-state index is 11.7. The number of nitrogens with one attached hydrogen (secondary N) is 1. The summed E-state index contributed by atoms with van der Waals surface area (Å²) in [5, 5.41) is 49.6. The lowest BCUT2D eigenvalue weighted by Crippen LogP contribution is -2.37. The summed E-state index contributed by atoms with van der Waals surface area (Å²) in [6.45, 7) is 0. The fourth-order valence-corrected chi connectivity index (χ4v) is 2.89. The predicted molar refractivity (Wildman–Crippen MR) is 84.9 cm³/mol. The number of hydrogen-bond donors (Lipinski definition) is 6. The maximum atomic E-state index is 11.7. The van der Waals surface area contributed by atoms with Gasteiger partial charge in [-0.25, -0.2) is 5.48 Å². The van der Waals surface area contributed by atoms with E-state index >= 15 is 0 Å². The third kappa shape index (κ3) is 2.84. The molecule has 1 aliphatic heterocycles. The molecule has 1 atom stereocenters. The predicted octanol–water partition coefficient (Wildman–Crippen LogP) is 1.32. The van der Waals surface area contributed by atoms with Crippen LogP contribution < -0.4 is 10.2 Å². The van der Waals surface area contributed by atoms with Gasteiger partial charge in [-0.15, -0.1) is 0 Å². The number of hydrogen-bond acceptors (Lipinski definition) is 7. The highest BCUT2D eigenvalue weighted by molar-refractivity contribution is 5.86. The van der Waals surface area contributed by atoms with Crippen molar-refractivity contribution in [3.05, 3.63) is 53.8 Å². The van der Waals surface area contributed by atoms with Crippen LogP contribution in [-0.4, -0.2) is 31.5 Å². The molecule has 1 amide bonds. The van der Waals surface area contributed by atoms with Gasteiger partial charge in [-0.2, -0.15) is 0 Å². The molecule has 2 aromatic carbocycles. The van der Waals surface area contributed by atoms with Crippen molar-refractivity contribution in [3.8, 4) is 23.0 Å². The van der Waals surface area contributed by atoms with Crippen molar-refractivity contribution in [2.75, 3.05) is 0 Å². The van der Waals surface area contributed by atoms with Crippen LogP contribution in [0.25, 0.3) is 5.57 Å². The van der Waals surface area contributed by atoms with Crippen LogP contribution in [0.15, 0.2) is 42.7 Å². The Morgan fingerprint density at radius 2 is 1.88 bits per heavy atom. The molecule has 6 N–H and O–H groups in total. The molecule has 0 bridgehead atoms. The van der Waals surface area contributed by atoms with Crippen LogP contribution in [0.1, 0.15) is 17.5 Å². The summed E-state index contributed by atoms with van der Waals surface area (Å²) in [6.07, 6.45) is 0.514. The van der Waals surface area contributed by atoms with E-state index in [0.717, 1.165) is 12.3 Å². The molecule has 8 nitrogen and oxygen atoms in total. The SMILES string of the molecule is O=C(CC1(O)C(c2cccc(O)c2)=COc2cc(O)cc(O)c21)NO. The summed E-state index contributed by atoms with van der Waals surface area (Å²) in [7, 11) is 0. The molecule has 0 saturated heterocycles. The smallest absolute Gasteiger partial charge is 0.246 e. The Bertz CT molecular complexity index is 877. The van der Waals surface area contributed by atoms with Crippen LogP contribution in [0.2, 0.25) is 0 Å². The van der Waals surface area contributed by atoms with E-state index in [4.69, 9.17) is 9.94 Å². The summed E-state index contributed by atoms with van der Waals surface area (Å²) in [6, 6.07) is 8.04. The first-order valence-corrected chi connectivity index (χ1v) is 7.23. The zero-order valence-corrected chi connectivity index (χ0v) is 12.8. The molecule has 0 fully saturated rings. The molecule has 0 aliphatic carbocycles. The van der Waals surface area contributed by atoms with Gasteiger partial charge in [0.15, 0.2) is 0 Å². The quantitative estimate of drug-likeness (QED) is 0.364. The van der Waals surface area contributed by atoms with Gasteiger partial charge in [-0.1, -0.05) is 12.1 Å². The van der Waals surface area contributed by atoms with E-state index in [2.05, 4.69) is 0 Å². The van der Waals surface area contributed by atoms with Crippen LogP contribution in [0.4, 0.5) is 0 Å². The van der Waals surface area contributed by atoms with Gasteiger partial charge in [0.1, 0.15) is 28.6 Å². The molecule has 1 heterocycles. The van der Waals surface area contributed by atoms with Gasteiger partial charge in [0.25, 0.3) is 0 Å². The van der Waals surface area contributed by atoms with Crippen molar-refractivity contribution in [3.63, 3.8) is 0 Å². The van der Waals surface area contributed by atoms with E-state index in [1.54, 1.807) is 6.07 Å². The Balaban J connectivity index is 2.22. The Labute approximate surface area is 141 Å². The van der Waals surface area contributed by atoms with Crippen LogP contribution in [0.3, 0.4) is 0 Å². The van der Waals surface area contributed by atoms with Gasteiger partial charge in [0, 0.05) is 17.7 Å². The number of aliphatic hydroxyl groups is 1. The molecular formula is C17H15NO7. The minimum Gasteiger partial charge on any atom is -0.508 e. The molecule has 8 heteroatoms.